The SMILES string of the molecule is CN(CCSc1ccc(F)cc1)C1CCCCC1O. The highest BCUT2D eigenvalue weighted by atomic mass is 32.2. The summed E-state index contributed by atoms with van der Waals surface area (Å²) in [5, 5.41) is 10.00. The Hall–Kier alpha value is -0.580. The number of aliphatic hydroxyl groups is 1. The number of halogens is 1. The van der Waals surface area contributed by atoms with E-state index in [0.717, 1.165) is 36.5 Å². The second kappa shape index (κ2) is 7.27. The van der Waals surface area contributed by atoms with Crippen LogP contribution in [-0.4, -0.2) is 41.5 Å². The van der Waals surface area contributed by atoms with Crippen LogP contribution in [0.15, 0.2) is 29.2 Å². The third-order valence-corrected chi connectivity index (χ3v) is 4.78. The van der Waals surface area contributed by atoms with Crippen LogP contribution in [0.2, 0.25) is 0 Å². The van der Waals surface area contributed by atoms with Crippen molar-refractivity contribution in [2.24, 2.45) is 0 Å². The Bertz CT molecular complexity index is 384. The minimum absolute atomic E-state index is 0.172. The zero-order valence-corrected chi connectivity index (χ0v) is 12.2. The fourth-order valence-electron chi connectivity index (χ4n) is 2.61. The number of likely N-dealkylation sites (N-methyl/N-ethyl adjacent to an activating group) is 1. The molecule has 1 N–H and O–H groups in total. The van der Waals surface area contributed by atoms with Gasteiger partial charge in [0.2, 0.25) is 0 Å². The van der Waals surface area contributed by atoms with Crippen LogP contribution in [-0.2, 0) is 0 Å². The summed E-state index contributed by atoms with van der Waals surface area (Å²) in [4.78, 5) is 3.36. The van der Waals surface area contributed by atoms with E-state index < -0.39 is 0 Å². The van der Waals surface area contributed by atoms with E-state index in [1.807, 2.05) is 12.1 Å². The molecule has 106 valence electrons. The average Bonchev–Trinajstić information content (AvgIpc) is 2.41. The molecule has 2 unspecified atom stereocenters. The topological polar surface area (TPSA) is 23.5 Å². The van der Waals surface area contributed by atoms with Crippen LogP contribution >= 0.6 is 11.8 Å². The quantitative estimate of drug-likeness (QED) is 0.840. The fraction of sp³-hybridized carbons (Fsp3) is 0.600. The Morgan fingerprint density at radius 2 is 1.95 bits per heavy atom. The second-order valence-corrected chi connectivity index (χ2v) is 6.37. The Kier molecular flexibility index (Phi) is 5.67. The molecule has 0 aliphatic heterocycles. The third kappa shape index (κ3) is 4.48. The number of thioether (sulfide) groups is 1. The second-order valence-electron chi connectivity index (χ2n) is 5.20. The van der Waals surface area contributed by atoms with Gasteiger partial charge < -0.3 is 10.0 Å². The van der Waals surface area contributed by atoms with E-state index in [2.05, 4.69) is 11.9 Å². The Morgan fingerprint density at radius 1 is 1.26 bits per heavy atom. The molecule has 0 saturated heterocycles. The summed E-state index contributed by atoms with van der Waals surface area (Å²) in [6.07, 6.45) is 4.22. The molecule has 0 radical (unpaired) electrons. The van der Waals surface area contributed by atoms with E-state index in [9.17, 15) is 9.50 Å². The molecule has 0 heterocycles. The lowest BCUT2D eigenvalue weighted by atomic mass is 9.92. The Morgan fingerprint density at radius 3 is 2.63 bits per heavy atom. The monoisotopic (exact) mass is 283 g/mol. The number of rotatable bonds is 5. The number of aliphatic hydroxyl groups excluding tert-OH is 1. The van der Waals surface area contributed by atoms with E-state index in [-0.39, 0.29) is 11.9 Å². The van der Waals surface area contributed by atoms with Crippen molar-refractivity contribution in [1.29, 1.82) is 0 Å². The van der Waals surface area contributed by atoms with Gasteiger partial charge in [0.05, 0.1) is 6.10 Å². The van der Waals surface area contributed by atoms with Crippen molar-refractivity contribution in [1.82, 2.24) is 4.90 Å². The first-order valence-electron chi connectivity index (χ1n) is 6.93. The number of benzene rings is 1. The Balaban J connectivity index is 1.74. The van der Waals surface area contributed by atoms with Gasteiger partial charge in [-0.15, -0.1) is 11.8 Å². The first-order valence-corrected chi connectivity index (χ1v) is 7.92. The van der Waals surface area contributed by atoms with Gasteiger partial charge in [0.15, 0.2) is 0 Å². The van der Waals surface area contributed by atoms with Crippen molar-refractivity contribution < 1.29 is 9.50 Å². The van der Waals surface area contributed by atoms with Gasteiger partial charge in [-0.1, -0.05) is 12.8 Å². The van der Waals surface area contributed by atoms with Gasteiger partial charge in [-0.25, -0.2) is 4.39 Å². The summed E-state index contributed by atoms with van der Waals surface area (Å²) in [5.41, 5.74) is 0. The maximum atomic E-state index is 12.8. The van der Waals surface area contributed by atoms with Gasteiger partial charge in [0.1, 0.15) is 5.82 Å². The van der Waals surface area contributed by atoms with Gasteiger partial charge in [-0.3, -0.25) is 0 Å². The molecule has 2 rings (SSSR count). The molecule has 1 aliphatic rings. The average molecular weight is 283 g/mol. The molecule has 2 nitrogen and oxygen atoms in total. The zero-order chi connectivity index (χ0) is 13.7. The van der Waals surface area contributed by atoms with Crippen molar-refractivity contribution in [3.05, 3.63) is 30.1 Å². The van der Waals surface area contributed by atoms with E-state index in [0.29, 0.717) is 6.04 Å². The molecule has 1 aromatic carbocycles. The van der Waals surface area contributed by atoms with Gasteiger partial charge in [-0.2, -0.15) is 0 Å². The smallest absolute Gasteiger partial charge is 0.123 e. The number of nitrogens with zero attached hydrogens (tertiary/aromatic N) is 1. The van der Waals surface area contributed by atoms with Crippen LogP contribution < -0.4 is 0 Å². The minimum Gasteiger partial charge on any atom is -0.391 e. The standard InChI is InChI=1S/C15H22FNOS/c1-17(14-4-2-3-5-15(14)18)10-11-19-13-8-6-12(16)7-9-13/h6-9,14-15,18H,2-5,10-11H2,1H3. The van der Waals surface area contributed by atoms with Crippen molar-refractivity contribution in [3.8, 4) is 0 Å². The van der Waals surface area contributed by atoms with Crippen LogP contribution in [0.25, 0.3) is 0 Å². The van der Waals surface area contributed by atoms with Gasteiger partial charge in [-0.05, 0) is 44.2 Å². The van der Waals surface area contributed by atoms with Crippen LogP contribution in [0, 0.1) is 5.82 Å². The molecule has 19 heavy (non-hydrogen) atoms. The number of hydrogen-bond acceptors (Lipinski definition) is 3. The largest absolute Gasteiger partial charge is 0.391 e. The van der Waals surface area contributed by atoms with E-state index >= 15 is 0 Å². The van der Waals surface area contributed by atoms with Gasteiger partial charge in [0, 0.05) is 23.2 Å². The summed E-state index contributed by atoms with van der Waals surface area (Å²) in [6.45, 7) is 0.948. The molecule has 0 spiro atoms. The van der Waals surface area contributed by atoms with Gasteiger partial charge in [0.25, 0.3) is 0 Å². The summed E-state index contributed by atoms with van der Waals surface area (Å²) in [6, 6.07) is 6.93. The van der Waals surface area contributed by atoms with Gasteiger partial charge >= 0.3 is 0 Å². The predicted octanol–water partition coefficient (Wildman–Crippen LogP) is 3.15. The molecule has 1 aromatic rings. The highest BCUT2D eigenvalue weighted by Gasteiger charge is 2.25. The maximum absolute atomic E-state index is 12.8. The van der Waals surface area contributed by atoms with Crippen LogP contribution in [0.3, 0.4) is 0 Å². The molecular weight excluding hydrogens is 261 g/mol. The van der Waals surface area contributed by atoms with Crippen molar-refractivity contribution in [2.45, 2.75) is 42.7 Å². The molecule has 0 aromatic heterocycles. The zero-order valence-electron chi connectivity index (χ0n) is 11.4. The third-order valence-electron chi connectivity index (χ3n) is 3.79. The molecule has 1 saturated carbocycles. The Labute approximate surface area is 119 Å². The van der Waals surface area contributed by atoms with Crippen molar-refractivity contribution in [2.75, 3.05) is 19.3 Å². The van der Waals surface area contributed by atoms with Crippen LogP contribution in [0.4, 0.5) is 4.39 Å². The lowest BCUT2D eigenvalue weighted by Crippen LogP contribution is -2.44. The number of hydrogen-bond donors (Lipinski definition) is 1. The van der Waals surface area contributed by atoms with E-state index in [4.69, 9.17) is 0 Å². The fourth-order valence-corrected chi connectivity index (χ4v) is 3.55. The van der Waals surface area contributed by atoms with Crippen molar-refractivity contribution >= 4 is 11.8 Å². The molecule has 1 fully saturated rings. The van der Waals surface area contributed by atoms with Crippen molar-refractivity contribution in [3.63, 3.8) is 0 Å². The summed E-state index contributed by atoms with van der Waals surface area (Å²) in [7, 11) is 2.09. The molecule has 1 aliphatic carbocycles. The molecule has 2 atom stereocenters. The molecule has 0 bridgehead atoms. The highest BCUT2D eigenvalue weighted by Crippen LogP contribution is 2.23. The van der Waals surface area contributed by atoms with E-state index in [1.54, 1.807) is 11.8 Å². The molecule has 4 heteroatoms. The van der Waals surface area contributed by atoms with Crippen LogP contribution in [0.1, 0.15) is 25.7 Å². The lowest BCUT2D eigenvalue weighted by molar-refractivity contribution is 0.0351. The normalized spacial score (nSPS) is 23.8. The molecule has 0 amide bonds. The first-order chi connectivity index (χ1) is 9.16. The summed E-state index contributed by atoms with van der Waals surface area (Å²) in [5.74, 6) is 0.775. The molecular formula is C15H22FNOS. The predicted molar refractivity (Wildman–Crippen MR) is 78.0 cm³/mol. The highest BCUT2D eigenvalue weighted by molar-refractivity contribution is 7.99. The van der Waals surface area contributed by atoms with E-state index in [1.165, 1.54) is 18.6 Å². The summed E-state index contributed by atoms with van der Waals surface area (Å²) < 4.78 is 12.8. The van der Waals surface area contributed by atoms with Crippen LogP contribution in [0.5, 0.6) is 0 Å². The minimum atomic E-state index is -0.188. The summed E-state index contributed by atoms with van der Waals surface area (Å²) >= 11 is 1.73. The maximum Gasteiger partial charge on any atom is 0.123 e. The lowest BCUT2D eigenvalue weighted by Gasteiger charge is -2.35. The first kappa shape index (κ1) is 14.8.